The second kappa shape index (κ2) is 6.58. The summed E-state index contributed by atoms with van der Waals surface area (Å²) in [4.78, 5) is 25.3. The summed E-state index contributed by atoms with van der Waals surface area (Å²) in [6, 6.07) is 4.84. The number of ether oxygens (including phenoxy) is 1. The van der Waals surface area contributed by atoms with Gasteiger partial charge in [0, 0.05) is 31.5 Å². The normalized spacial score (nSPS) is 18.4. The van der Waals surface area contributed by atoms with Crippen molar-refractivity contribution < 1.29 is 14.3 Å². The first-order valence-electron chi connectivity index (χ1n) is 7.00. The third kappa shape index (κ3) is 3.72. The van der Waals surface area contributed by atoms with Crippen LogP contribution in [0.15, 0.2) is 18.2 Å². The number of nitrogens with one attached hydrogen (secondary N) is 1. The number of piperidine rings is 1. The summed E-state index contributed by atoms with van der Waals surface area (Å²) in [6.07, 6.45) is 1.98. The van der Waals surface area contributed by atoms with Crippen LogP contribution in [0.1, 0.15) is 28.8 Å². The molecule has 6 heteroatoms. The lowest BCUT2D eigenvalue weighted by Crippen LogP contribution is -2.45. The number of methoxy groups -OCH3 is 1. The zero-order valence-corrected chi connectivity index (χ0v) is 12.4. The molecule has 1 aliphatic heterocycles. The monoisotopic (exact) mass is 291 g/mol. The van der Waals surface area contributed by atoms with E-state index in [2.05, 4.69) is 5.32 Å². The summed E-state index contributed by atoms with van der Waals surface area (Å²) in [5.41, 5.74) is 7.13. The molecule has 114 valence electrons. The van der Waals surface area contributed by atoms with E-state index in [-0.39, 0.29) is 12.1 Å². The fourth-order valence-corrected chi connectivity index (χ4v) is 2.42. The number of urea groups is 1. The van der Waals surface area contributed by atoms with Crippen LogP contribution in [0.2, 0.25) is 0 Å². The van der Waals surface area contributed by atoms with Gasteiger partial charge in [-0.05, 0) is 37.5 Å². The number of amides is 3. The number of primary amides is 1. The highest BCUT2D eigenvalue weighted by molar-refractivity contribution is 5.96. The summed E-state index contributed by atoms with van der Waals surface area (Å²) in [5.74, 6) is -0.511. The van der Waals surface area contributed by atoms with Crippen molar-refractivity contribution in [2.75, 3.05) is 25.5 Å². The zero-order valence-electron chi connectivity index (χ0n) is 12.4. The smallest absolute Gasteiger partial charge is 0.321 e. The highest BCUT2D eigenvalue weighted by atomic mass is 16.5. The Hall–Kier alpha value is -2.08. The molecule has 1 aliphatic rings. The van der Waals surface area contributed by atoms with E-state index in [9.17, 15) is 9.59 Å². The van der Waals surface area contributed by atoms with Crippen molar-refractivity contribution >= 4 is 17.6 Å². The lowest BCUT2D eigenvalue weighted by atomic mass is 10.1. The SMILES string of the molecule is CO[C@@H]1CCCN(C(=O)Nc2cc(C(N)=O)ccc2C)C1. The van der Waals surface area contributed by atoms with Crippen LogP contribution in [0.5, 0.6) is 0 Å². The number of carbonyl (C=O) groups is 2. The molecule has 0 unspecified atom stereocenters. The van der Waals surface area contributed by atoms with E-state index in [1.165, 1.54) is 0 Å². The van der Waals surface area contributed by atoms with Crippen molar-refractivity contribution in [1.82, 2.24) is 4.90 Å². The molecule has 0 radical (unpaired) electrons. The fourth-order valence-electron chi connectivity index (χ4n) is 2.42. The molecule has 0 aliphatic carbocycles. The van der Waals surface area contributed by atoms with E-state index >= 15 is 0 Å². The molecule has 1 aromatic carbocycles. The van der Waals surface area contributed by atoms with E-state index in [1.54, 1.807) is 30.2 Å². The molecular weight excluding hydrogens is 270 g/mol. The van der Waals surface area contributed by atoms with Crippen molar-refractivity contribution in [3.05, 3.63) is 29.3 Å². The van der Waals surface area contributed by atoms with Crippen molar-refractivity contribution in [2.24, 2.45) is 5.73 Å². The first-order chi connectivity index (χ1) is 10.0. The van der Waals surface area contributed by atoms with Crippen molar-refractivity contribution in [3.63, 3.8) is 0 Å². The van der Waals surface area contributed by atoms with Crippen LogP contribution in [0, 0.1) is 6.92 Å². The maximum absolute atomic E-state index is 12.3. The van der Waals surface area contributed by atoms with E-state index in [4.69, 9.17) is 10.5 Å². The Bertz CT molecular complexity index is 545. The third-order valence-electron chi connectivity index (χ3n) is 3.76. The molecule has 3 N–H and O–H groups in total. The van der Waals surface area contributed by atoms with Crippen LogP contribution < -0.4 is 11.1 Å². The van der Waals surface area contributed by atoms with Gasteiger partial charge in [0.1, 0.15) is 0 Å². The van der Waals surface area contributed by atoms with E-state index in [0.717, 1.165) is 18.4 Å². The molecule has 1 heterocycles. The molecule has 1 saturated heterocycles. The second-order valence-corrected chi connectivity index (χ2v) is 5.27. The molecule has 0 saturated carbocycles. The van der Waals surface area contributed by atoms with Gasteiger partial charge >= 0.3 is 6.03 Å². The number of hydrogen-bond donors (Lipinski definition) is 2. The molecule has 1 aromatic rings. The van der Waals surface area contributed by atoms with Gasteiger partial charge < -0.3 is 20.7 Å². The third-order valence-corrected chi connectivity index (χ3v) is 3.76. The van der Waals surface area contributed by atoms with Crippen molar-refractivity contribution in [2.45, 2.75) is 25.9 Å². The first-order valence-corrected chi connectivity index (χ1v) is 7.00. The number of benzene rings is 1. The van der Waals surface area contributed by atoms with Crippen LogP contribution in [-0.2, 0) is 4.74 Å². The molecule has 0 aromatic heterocycles. The Morgan fingerprint density at radius 3 is 2.86 bits per heavy atom. The van der Waals surface area contributed by atoms with Gasteiger partial charge in [0.05, 0.1) is 6.10 Å². The van der Waals surface area contributed by atoms with Gasteiger partial charge in [-0.1, -0.05) is 6.07 Å². The van der Waals surface area contributed by atoms with Crippen LogP contribution in [0.4, 0.5) is 10.5 Å². The van der Waals surface area contributed by atoms with E-state index in [0.29, 0.717) is 24.3 Å². The van der Waals surface area contributed by atoms with E-state index < -0.39 is 5.91 Å². The minimum Gasteiger partial charge on any atom is -0.380 e. The molecule has 21 heavy (non-hydrogen) atoms. The van der Waals surface area contributed by atoms with Crippen LogP contribution in [0.25, 0.3) is 0 Å². The number of aryl methyl sites for hydroxylation is 1. The summed E-state index contributed by atoms with van der Waals surface area (Å²) in [7, 11) is 1.66. The number of likely N-dealkylation sites (tertiary alicyclic amines) is 1. The van der Waals surface area contributed by atoms with Gasteiger partial charge in [-0.25, -0.2) is 4.79 Å². The molecule has 0 spiro atoms. The van der Waals surface area contributed by atoms with Crippen molar-refractivity contribution in [3.8, 4) is 0 Å². The quantitative estimate of drug-likeness (QED) is 0.889. The Labute approximate surface area is 124 Å². The van der Waals surface area contributed by atoms with Crippen molar-refractivity contribution in [1.29, 1.82) is 0 Å². The molecule has 1 fully saturated rings. The Morgan fingerprint density at radius 1 is 1.43 bits per heavy atom. The second-order valence-electron chi connectivity index (χ2n) is 5.27. The predicted molar refractivity (Wildman–Crippen MR) is 80.3 cm³/mol. The topological polar surface area (TPSA) is 84.7 Å². The van der Waals surface area contributed by atoms with Gasteiger partial charge in [-0.15, -0.1) is 0 Å². The molecule has 3 amide bonds. The minimum atomic E-state index is -0.511. The molecule has 2 rings (SSSR count). The van der Waals surface area contributed by atoms with Gasteiger partial charge in [0.2, 0.25) is 5.91 Å². The summed E-state index contributed by atoms with van der Waals surface area (Å²) in [6.45, 7) is 3.16. The Balaban J connectivity index is 2.08. The lowest BCUT2D eigenvalue weighted by Gasteiger charge is -2.32. The summed E-state index contributed by atoms with van der Waals surface area (Å²) >= 11 is 0. The Kier molecular flexibility index (Phi) is 4.80. The van der Waals surface area contributed by atoms with E-state index in [1.807, 2.05) is 6.92 Å². The summed E-state index contributed by atoms with van der Waals surface area (Å²) in [5, 5.41) is 2.84. The maximum atomic E-state index is 12.3. The Morgan fingerprint density at radius 2 is 2.19 bits per heavy atom. The highest BCUT2D eigenvalue weighted by Crippen LogP contribution is 2.19. The largest absolute Gasteiger partial charge is 0.380 e. The number of nitrogens with zero attached hydrogens (tertiary/aromatic N) is 1. The van der Waals surface area contributed by atoms with Gasteiger partial charge in [-0.3, -0.25) is 4.79 Å². The average Bonchev–Trinajstić information content (AvgIpc) is 2.49. The predicted octanol–water partition coefficient (Wildman–Crippen LogP) is 1.74. The zero-order chi connectivity index (χ0) is 15.4. The van der Waals surface area contributed by atoms with Gasteiger partial charge in [-0.2, -0.15) is 0 Å². The average molecular weight is 291 g/mol. The standard InChI is InChI=1S/C15H21N3O3/c1-10-5-6-11(14(16)19)8-13(10)17-15(20)18-7-3-4-12(9-18)21-2/h5-6,8,12H,3-4,7,9H2,1-2H3,(H2,16,19)(H,17,20)/t12-/m1/s1. The molecule has 1 atom stereocenters. The highest BCUT2D eigenvalue weighted by Gasteiger charge is 2.23. The summed E-state index contributed by atoms with van der Waals surface area (Å²) < 4.78 is 5.31. The van der Waals surface area contributed by atoms with Gasteiger partial charge in [0.25, 0.3) is 0 Å². The number of rotatable bonds is 3. The number of nitrogens with two attached hydrogens (primary N) is 1. The number of carbonyl (C=O) groups excluding carboxylic acids is 2. The number of hydrogen-bond acceptors (Lipinski definition) is 3. The molecule has 6 nitrogen and oxygen atoms in total. The van der Waals surface area contributed by atoms with Crippen LogP contribution in [0.3, 0.4) is 0 Å². The first kappa shape index (κ1) is 15.3. The molecule has 0 bridgehead atoms. The van der Waals surface area contributed by atoms with Crippen LogP contribution >= 0.6 is 0 Å². The number of anilines is 1. The van der Waals surface area contributed by atoms with Gasteiger partial charge in [0.15, 0.2) is 0 Å². The maximum Gasteiger partial charge on any atom is 0.321 e. The van der Waals surface area contributed by atoms with Crippen LogP contribution in [-0.4, -0.2) is 43.1 Å². The lowest BCUT2D eigenvalue weighted by molar-refractivity contribution is 0.0458. The minimum absolute atomic E-state index is 0.0857. The fraction of sp³-hybridized carbons (Fsp3) is 0.467. The molecular formula is C15H21N3O3.